The number of aromatic hydroxyl groups is 1. The lowest BCUT2D eigenvalue weighted by atomic mass is 10.0. The van der Waals surface area contributed by atoms with Crippen LogP contribution in [0, 0.1) is 17.0 Å². The third-order valence-electron chi connectivity index (χ3n) is 3.17. The molecular weight excluding hydrogens is 286 g/mol. The molecule has 0 radical (unpaired) electrons. The van der Waals surface area contributed by atoms with Crippen LogP contribution in [0.4, 0.5) is 11.5 Å². The molecule has 1 heterocycles. The molecule has 0 spiro atoms. The fourth-order valence-electron chi connectivity index (χ4n) is 2.12. The molecule has 0 amide bonds. The summed E-state index contributed by atoms with van der Waals surface area (Å²) >= 11 is 0. The SMILES string of the molecule is Cc1cc(N=Cc2c(O)ccc3cc([N+](=O)[O-])ccc23)no1. The van der Waals surface area contributed by atoms with E-state index < -0.39 is 4.92 Å². The van der Waals surface area contributed by atoms with Gasteiger partial charge in [-0.15, -0.1) is 0 Å². The van der Waals surface area contributed by atoms with E-state index in [9.17, 15) is 15.2 Å². The summed E-state index contributed by atoms with van der Waals surface area (Å²) in [5.74, 6) is 1.05. The van der Waals surface area contributed by atoms with Gasteiger partial charge in [-0.1, -0.05) is 11.2 Å². The number of nitrogens with zero attached hydrogens (tertiary/aromatic N) is 3. The monoisotopic (exact) mass is 297 g/mol. The lowest BCUT2D eigenvalue weighted by molar-refractivity contribution is -0.384. The van der Waals surface area contributed by atoms with E-state index in [1.165, 1.54) is 24.4 Å². The van der Waals surface area contributed by atoms with Crippen LogP contribution in [0.2, 0.25) is 0 Å². The van der Waals surface area contributed by atoms with Gasteiger partial charge in [0.15, 0.2) is 5.82 Å². The van der Waals surface area contributed by atoms with Crippen molar-refractivity contribution in [3.8, 4) is 5.75 Å². The Balaban J connectivity index is 2.09. The van der Waals surface area contributed by atoms with Crippen molar-refractivity contribution in [3.63, 3.8) is 0 Å². The Bertz CT molecular complexity index is 899. The van der Waals surface area contributed by atoms with Gasteiger partial charge in [0.2, 0.25) is 0 Å². The van der Waals surface area contributed by atoms with Gasteiger partial charge < -0.3 is 9.63 Å². The van der Waals surface area contributed by atoms with Crippen molar-refractivity contribution in [1.82, 2.24) is 5.16 Å². The number of hydrogen-bond acceptors (Lipinski definition) is 6. The predicted molar refractivity (Wildman–Crippen MR) is 80.8 cm³/mol. The number of fused-ring (bicyclic) bond motifs is 1. The molecule has 7 nitrogen and oxygen atoms in total. The van der Waals surface area contributed by atoms with E-state index in [0.29, 0.717) is 27.9 Å². The topological polar surface area (TPSA) is 102 Å². The summed E-state index contributed by atoms with van der Waals surface area (Å²) in [6.07, 6.45) is 1.46. The van der Waals surface area contributed by atoms with Crippen molar-refractivity contribution in [2.45, 2.75) is 6.92 Å². The van der Waals surface area contributed by atoms with Crippen molar-refractivity contribution in [3.05, 3.63) is 57.8 Å². The molecular formula is C15H11N3O4. The Hall–Kier alpha value is -3.22. The van der Waals surface area contributed by atoms with Crippen molar-refractivity contribution in [1.29, 1.82) is 0 Å². The van der Waals surface area contributed by atoms with Gasteiger partial charge in [0.05, 0.1) is 4.92 Å². The maximum atomic E-state index is 10.8. The zero-order valence-corrected chi connectivity index (χ0v) is 11.6. The summed E-state index contributed by atoms with van der Waals surface area (Å²) in [5.41, 5.74) is 0.459. The minimum absolute atomic E-state index is 0.00629. The third-order valence-corrected chi connectivity index (χ3v) is 3.17. The number of rotatable bonds is 3. The van der Waals surface area contributed by atoms with Crippen LogP contribution in [0.15, 0.2) is 45.9 Å². The highest BCUT2D eigenvalue weighted by Crippen LogP contribution is 2.29. The van der Waals surface area contributed by atoms with Crippen molar-refractivity contribution in [2.75, 3.05) is 0 Å². The molecule has 7 heteroatoms. The molecule has 0 aliphatic carbocycles. The highest BCUT2D eigenvalue weighted by atomic mass is 16.6. The minimum Gasteiger partial charge on any atom is -0.507 e. The van der Waals surface area contributed by atoms with E-state index in [-0.39, 0.29) is 11.4 Å². The Kier molecular flexibility index (Phi) is 3.30. The number of benzene rings is 2. The van der Waals surface area contributed by atoms with Gasteiger partial charge in [0, 0.05) is 30.0 Å². The van der Waals surface area contributed by atoms with Gasteiger partial charge in [-0.25, -0.2) is 4.99 Å². The number of phenols is 1. The van der Waals surface area contributed by atoms with Crippen LogP contribution in [-0.4, -0.2) is 21.4 Å². The number of nitro benzene ring substituents is 1. The molecule has 110 valence electrons. The van der Waals surface area contributed by atoms with Gasteiger partial charge >= 0.3 is 0 Å². The summed E-state index contributed by atoms with van der Waals surface area (Å²) in [7, 11) is 0. The lowest BCUT2D eigenvalue weighted by Crippen LogP contribution is -1.90. The first-order chi connectivity index (χ1) is 10.5. The van der Waals surface area contributed by atoms with Crippen molar-refractivity contribution >= 4 is 28.5 Å². The smallest absolute Gasteiger partial charge is 0.270 e. The maximum Gasteiger partial charge on any atom is 0.270 e. The van der Waals surface area contributed by atoms with E-state index in [1.54, 1.807) is 25.1 Å². The summed E-state index contributed by atoms with van der Waals surface area (Å²) in [4.78, 5) is 14.5. The maximum absolute atomic E-state index is 10.8. The van der Waals surface area contributed by atoms with Gasteiger partial charge in [0.25, 0.3) is 5.69 Å². The van der Waals surface area contributed by atoms with Crippen LogP contribution in [0.25, 0.3) is 10.8 Å². The number of aromatic nitrogens is 1. The third kappa shape index (κ3) is 2.51. The number of phenolic OH excluding ortho intramolecular Hbond substituents is 1. The number of aryl methyl sites for hydroxylation is 1. The molecule has 0 aliphatic heterocycles. The lowest BCUT2D eigenvalue weighted by Gasteiger charge is -2.04. The first kappa shape index (κ1) is 13.7. The Morgan fingerprint density at radius 3 is 2.82 bits per heavy atom. The van der Waals surface area contributed by atoms with Crippen LogP contribution in [0.3, 0.4) is 0 Å². The summed E-state index contributed by atoms with van der Waals surface area (Å²) < 4.78 is 4.91. The highest BCUT2D eigenvalue weighted by molar-refractivity contribution is 6.03. The van der Waals surface area contributed by atoms with E-state index >= 15 is 0 Å². The van der Waals surface area contributed by atoms with Crippen molar-refractivity contribution < 1.29 is 14.6 Å². The molecule has 0 bridgehead atoms. The molecule has 0 saturated carbocycles. The molecule has 0 atom stereocenters. The number of nitro groups is 1. The second-order valence-electron chi connectivity index (χ2n) is 4.71. The molecule has 1 aromatic heterocycles. The Morgan fingerprint density at radius 2 is 2.14 bits per heavy atom. The molecule has 0 unspecified atom stereocenters. The average molecular weight is 297 g/mol. The summed E-state index contributed by atoms with van der Waals surface area (Å²) in [6.45, 7) is 1.75. The Morgan fingerprint density at radius 1 is 1.32 bits per heavy atom. The summed E-state index contributed by atoms with van der Waals surface area (Å²) in [6, 6.07) is 9.18. The highest BCUT2D eigenvalue weighted by Gasteiger charge is 2.10. The first-order valence-corrected chi connectivity index (χ1v) is 6.42. The molecule has 1 N–H and O–H groups in total. The standard InChI is InChI=1S/C15H11N3O4/c1-9-6-15(17-22-9)16-8-13-12-4-3-11(18(20)21)7-10(12)2-5-14(13)19/h2-8,19H,1H3. The van der Waals surface area contributed by atoms with E-state index in [4.69, 9.17) is 4.52 Å². The molecule has 0 saturated heterocycles. The second-order valence-corrected chi connectivity index (χ2v) is 4.71. The zero-order valence-electron chi connectivity index (χ0n) is 11.6. The number of aliphatic imine (C=N–C) groups is 1. The van der Waals surface area contributed by atoms with Gasteiger partial charge in [-0.2, -0.15) is 0 Å². The molecule has 3 rings (SSSR count). The fraction of sp³-hybridized carbons (Fsp3) is 0.0667. The Labute approximate surface area is 124 Å². The van der Waals surface area contributed by atoms with Crippen LogP contribution in [0.5, 0.6) is 5.75 Å². The summed E-state index contributed by atoms with van der Waals surface area (Å²) in [5, 5.41) is 25.9. The average Bonchev–Trinajstić information content (AvgIpc) is 2.91. The van der Waals surface area contributed by atoms with Gasteiger partial charge in [-0.3, -0.25) is 10.1 Å². The normalized spacial score (nSPS) is 11.3. The van der Waals surface area contributed by atoms with Crippen LogP contribution < -0.4 is 0 Å². The van der Waals surface area contributed by atoms with Crippen LogP contribution in [0.1, 0.15) is 11.3 Å². The van der Waals surface area contributed by atoms with Gasteiger partial charge in [0.1, 0.15) is 11.5 Å². The molecule has 3 aromatic rings. The molecule has 22 heavy (non-hydrogen) atoms. The molecule has 0 fully saturated rings. The van der Waals surface area contributed by atoms with Crippen LogP contribution in [-0.2, 0) is 0 Å². The fourth-order valence-corrected chi connectivity index (χ4v) is 2.12. The van der Waals surface area contributed by atoms with Crippen molar-refractivity contribution in [2.24, 2.45) is 4.99 Å². The molecule has 2 aromatic carbocycles. The van der Waals surface area contributed by atoms with E-state index in [1.807, 2.05) is 0 Å². The van der Waals surface area contributed by atoms with E-state index in [2.05, 4.69) is 10.1 Å². The predicted octanol–water partition coefficient (Wildman–Crippen LogP) is 3.50. The first-order valence-electron chi connectivity index (χ1n) is 6.42. The zero-order chi connectivity index (χ0) is 15.7. The largest absolute Gasteiger partial charge is 0.507 e. The van der Waals surface area contributed by atoms with Crippen LogP contribution >= 0.6 is 0 Å². The minimum atomic E-state index is -0.460. The van der Waals surface area contributed by atoms with Gasteiger partial charge in [-0.05, 0) is 29.8 Å². The number of hydrogen-bond donors (Lipinski definition) is 1. The number of non-ortho nitro benzene ring substituents is 1. The quantitative estimate of drug-likeness (QED) is 0.453. The van der Waals surface area contributed by atoms with E-state index in [0.717, 1.165) is 0 Å². The molecule has 0 aliphatic rings. The second kappa shape index (κ2) is 5.28.